The van der Waals surface area contributed by atoms with Crippen molar-refractivity contribution in [2.45, 2.75) is 11.5 Å². The minimum Gasteiger partial charge on any atom is -0.411 e. The average Bonchev–Trinajstić information content (AvgIpc) is 2.13. The van der Waals surface area contributed by atoms with Gasteiger partial charge in [0.05, 0.1) is 5.71 Å². The Kier molecular flexibility index (Phi) is 4.29. The standard InChI is InChI=1S/C9H15NOSi/c1-4-7-8(10-11)9(12,5-2)6-3/h4-6,11H,1-3,7H2,12H3. The Labute approximate surface area is 76.4 Å². The molecule has 0 amide bonds. The molecule has 66 valence electrons. The Bertz CT molecular complexity index is 213. The van der Waals surface area contributed by atoms with E-state index >= 15 is 0 Å². The molecule has 0 aromatic carbocycles. The molecular weight excluding hydrogens is 166 g/mol. The monoisotopic (exact) mass is 181 g/mol. The SMILES string of the molecule is C=CCC(=NO)C([SiH3])(C=C)C=C. The summed E-state index contributed by atoms with van der Waals surface area (Å²) in [7, 11) is 0.802. The summed E-state index contributed by atoms with van der Waals surface area (Å²) in [6.07, 6.45) is 5.78. The zero-order valence-corrected chi connectivity index (χ0v) is 9.45. The molecule has 0 rings (SSSR count). The molecule has 0 bridgehead atoms. The lowest BCUT2D eigenvalue weighted by atomic mass is 9.99. The van der Waals surface area contributed by atoms with E-state index in [9.17, 15) is 0 Å². The van der Waals surface area contributed by atoms with Crippen molar-refractivity contribution in [2.24, 2.45) is 5.16 Å². The summed E-state index contributed by atoms with van der Waals surface area (Å²) in [5.41, 5.74) is 0.661. The van der Waals surface area contributed by atoms with E-state index < -0.39 is 0 Å². The van der Waals surface area contributed by atoms with Crippen molar-refractivity contribution in [3.63, 3.8) is 0 Å². The first kappa shape index (κ1) is 10.9. The van der Waals surface area contributed by atoms with E-state index in [-0.39, 0.29) is 5.04 Å². The van der Waals surface area contributed by atoms with Crippen LogP contribution in [0.5, 0.6) is 0 Å². The topological polar surface area (TPSA) is 32.6 Å². The number of oxime groups is 1. The van der Waals surface area contributed by atoms with Gasteiger partial charge in [-0.3, -0.25) is 0 Å². The van der Waals surface area contributed by atoms with E-state index in [4.69, 9.17) is 5.21 Å². The van der Waals surface area contributed by atoms with Crippen molar-refractivity contribution in [3.05, 3.63) is 38.0 Å². The molecule has 0 fully saturated rings. The molecule has 2 nitrogen and oxygen atoms in total. The predicted octanol–water partition coefficient (Wildman–Crippen LogP) is 1.29. The molecule has 0 spiro atoms. The van der Waals surface area contributed by atoms with E-state index in [1.165, 1.54) is 0 Å². The summed E-state index contributed by atoms with van der Waals surface area (Å²) in [5.74, 6) is 0. The van der Waals surface area contributed by atoms with Crippen LogP contribution in [-0.4, -0.2) is 21.2 Å². The van der Waals surface area contributed by atoms with Gasteiger partial charge in [0.2, 0.25) is 0 Å². The van der Waals surface area contributed by atoms with Crippen LogP contribution in [0.15, 0.2) is 43.1 Å². The second-order valence-corrected chi connectivity index (χ2v) is 4.39. The molecule has 0 saturated heterocycles. The molecule has 3 heteroatoms. The van der Waals surface area contributed by atoms with Gasteiger partial charge in [-0.25, -0.2) is 0 Å². The molecule has 0 heterocycles. The quantitative estimate of drug-likeness (QED) is 0.224. The van der Waals surface area contributed by atoms with Crippen LogP contribution in [0.3, 0.4) is 0 Å². The lowest BCUT2D eigenvalue weighted by molar-refractivity contribution is 0.316. The molecule has 0 radical (unpaired) electrons. The van der Waals surface area contributed by atoms with Gasteiger partial charge in [-0.15, -0.1) is 19.7 Å². The van der Waals surface area contributed by atoms with Crippen LogP contribution in [0.25, 0.3) is 0 Å². The van der Waals surface area contributed by atoms with Crippen molar-refractivity contribution in [1.82, 2.24) is 0 Å². The fourth-order valence-electron chi connectivity index (χ4n) is 0.824. The largest absolute Gasteiger partial charge is 0.411 e. The summed E-state index contributed by atoms with van der Waals surface area (Å²) < 4.78 is 0. The van der Waals surface area contributed by atoms with Crippen molar-refractivity contribution in [1.29, 1.82) is 0 Å². The van der Waals surface area contributed by atoms with Gasteiger partial charge in [-0.1, -0.05) is 23.4 Å². The molecule has 0 aromatic heterocycles. The van der Waals surface area contributed by atoms with E-state index in [2.05, 4.69) is 24.9 Å². The number of hydrogen-bond acceptors (Lipinski definition) is 2. The second kappa shape index (κ2) is 4.72. The molecule has 0 aliphatic rings. The highest BCUT2D eigenvalue weighted by Gasteiger charge is 2.22. The van der Waals surface area contributed by atoms with Crippen LogP contribution in [0, 0.1) is 0 Å². The molecular formula is C9H15NOSi. The van der Waals surface area contributed by atoms with Gasteiger partial charge in [-0.05, 0) is 0 Å². The van der Waals surface area contributed by atoms with Crippen LogP contribution >= 0.6 is 0 Å². The molecule has 1 N–H and O–H groups in total. The van der Waals surface area contributed by atoms with Crippen LogP contribution in [0.2, 0.25) is 5.04 Å². The first-order chi connectivity index (χ1) is 5.64. The third-order valence-electron chi connectivity index (χ3n) is 1.93. The highest BCUT2D eigenvalue weighted by atomic mass is 28.1. The fraction of sp³-hybridized carbons (Fsp3) is 0.222. The smallest absolute Gasteiger partial charge is 0.0705 e. The maximum absolute atomic E-state index is 8.72. The number of nitrogens with zero attached hydrogens (tertiary/aromatic N) is 1. The molecule has 0 unspecified atom stereocenters. The van der Waals surface area contributed by atoms with Crippen molar-refractivity contribution in [2.75, 3.05) is 0 Å². The molecule has 0 saturated carbocycles. The van der Waals surface area contributed by atoms with Crippen LogP contribution < -0.4 is 0 Å². The first-order valence-electron chi connectivity index (χ1n) is 3.74. The molecule has 0 aliphatic heterocycles. The fourth-order valence-corrected chi connectivity index (χ4v) is 1.13. The summed E-state index contributed by atoms with van der Waals surface area (Å²) >= 11 is 0. The highest BCUT2D eigenvalue weighted by Crippen LogP contribution is 2.28. The lowest BCUT2D eigenvalue weighted by Crippen LogP contribution is -2.19. The number of allylic oxidation sites excluding steroid dienone is 3. The minimum absolute atomic E-state index is 0.303. The van der Waals surface area contributed by atoms with Gasteiger partial charge < -0.3 is 5.21 Å². The molecule has 0 aromatic rings. The Morgan fingerprint density at radius 1 is 1.42 bits per heavy atom. The van der Waals surface area contributed by atoms with E-state index in [1.807, 2.05) is 0 Å². The van der Waals surface area contributed by atoms with Gasteiger partial charge in [0.15, 0.2) is 0 Å². The maximum atomic E-state index is 8.72. The third kappa shape index (κ3) is 2.20. The third-order valence-corrected chi connectivity index (χ3v) is 3.32. The summed E-state index contributed by atoms with van der Waals surface area (Å²) in [4.78, 5) is 0. The van der Waals surface area contributed by atoms with Crippen molar-refractivity contribution in [3.8, 4) is 0 Å². The second-order valence-electron chi connectivity index (χ2n) is 2.73. The Hall–Kier alpha value is -1.09. The van der Waals surface area contributed by atoms with E-state index in [0.717, 1.165) is 10.2 Å². The Morgan fingerprint density at radius 3 is 2.17 bits per heavy atom. The predicted molar refractivity (Wildman–Crippen MR) is 57.1 cm³/mol. The summed E-state index contributed by atoms with van der Waals surface area (Å²) in [5, 5.41) is 11.6. The zero-order chi connectivity index (χ0) is 9.61. The van der Waals surface area contributed by atoms with Gasteiger partial charge in [0, 0.05) is 21.7 Å². The van der Waals surface area contributed by atoms with E-state index in [0.29, 0.717) is 12.1 Å². The van der Waals surface area contributed by atoms with Crippen LogP contribution in [0.4, 0.5) is 0 Å². The van der Waals surface area contributed by atoms with E-state index in [1.54, 1.807) is 18.2 Å². The highest BCUT2D eigenvalue weighted by molar-refractivity contribution is 6.33. The van der Waals surface area contributed by atoms with Crippen LogP contribution in [-0.2, 0) is 0 Å². The first-order valence-corrected chi connectivity index (χ1v) is 4.74. The summed E-state index contributed by atoms with van der Waals surface area (Å²) in [6, 6.07) is 0. The van der Waals surface area contributed by atoms with Gasteiger partial charge >= 0.3 is 0 Å². The zero-order valence-electron chi connectivity index (χ0n) is 7.45. The molecule has 0 atom stereocenters. The van der Waals surface area contributed by atoms with Crippen LogP contribution in [0.1, 0.15) is 6.42 Å². The molecule has 0 aliphatic carbocycles. The number of hydrogen-bond donors (Lipinski definition) is 1. The maximum Gasteiger partial charge on any atom is 0.0705 e. The van der Waals surface area contributed by atoms with Crippen molar-refractivity contribution < 1.29 is 5.21 Å². The minimum atomic E-state index is -0.303. The lowest BCUT2D eigenvalue weighted by Gasteiger charge is -2.21. The normalized spacial score (nSPS) is 12.5. The average molecular weight is 181 g/mol. The van der Waals surface area contributed by atoms with Gasteiger partial charge in [-0.2, -0.15) is 0 Å². The van der Waals surface area contributed by atoms with Gasteiger partial charge in [0.25, 0.3) is 0 Å². The Morgan fingerprint density at radius 2 is 1.92 bits per heavy atom. The Balaban J connectivity index is 4.79. The van der Waals surface area contributed by atoms with Crippen molar-refractivity contribution >= 4 is 16.0 Å². The van der Waals surface area contributed by atoms with Gasteiger partial charge in [0.1, 0.15) is 0 Å². The summed E-state index contributed by atoms with van der Waals surface area (Å²) in [6.45, 7) is 11.0. The molecule has 12 heavy (non-hydrogen) atoms. The number of rotatable bonds is 5.